The molecule has 0 saturated carbocycles. The zero-order valence-corrected chi connectivity index (χ0v) is 10.5. The Kier molecular flexibility index (Phi) is 4.58. The molecule has 1 aliphatic heterocycles. The van der Waals surface area contributed by atoms with Gasteiger partial charge in [-0.25, -0.2) is 0 Å². The number of likely N-dealkylation sites (tertiary alicyclic amines) is 1. The molecule has 1 rings (SSSR count). The predicted octanol–water partition coefficient (Wildman–Crippen LogP) is 1.73. The van der Waals surface area contributed by atoms with Crippen LogP contribution in [0.15, 0.2) is 0 Å². The minimum absolute atomic E-state index is 0.280. The molecule has 3 heteroatoms. The summed E-state index contributed by atoms with van der Waals surface area (Å²) in [6, 6.07) is 0.611. The number of amides is 1. The van der Waals surface area contributed by atoms with Crippen LogP contribution in [-0.2, 0) is 4.79 Å². The molecule has 15 heavy (non-hydrogen) atoms. The van der Waals surface area contributed by atoms with Gasteiger partial charge in [0, 0.05) is 12.1 Å². The minimum atomic E-state index is 0.280. The average Bonchev–Trinajstić information content (AvgIpc) is 2.54. The van der Waals surface area contributed by atoms with Crippen LogP contribution in [-0.4, -0.2) is 47.4 Å². The van der Waals surface area contributed by atoms with Crippen LogP contribution in [0.4, 0.5) is 0 Å². The molecular weight excluding hydrogens is 188 g/mol. The van der Waals surface area contributed by atoms with Crippen molar-refractivity contribution in [3.63, 3.8) is 0 Å². The highest BCUT2D eigenvalue weighted by Crippen LogP contribution is 2.10. The van der Waals surface area contributed by atoms with Crippen LogP contribution in [0, 0.1) is 0 Å². The van der Waals surface area contributed by atoms with Crippen LogP contribution in [0.5, 0.6) is 0 Å². The van der Waals surface area contributed by atoms with Gasteiger partial charge < -0.3 is 4.90 Å². The third kappa shape index (κ3) is 3.49. The van der Waals surface area contributed by atoms with E-state index in [0.29, 0.717) is 18.6 Å². The molecule has 0 aromatic carbocycles. The van der Waals surface area contributed by atoms with E-state index in [4.69, 9.17) is 0 Å². The molecule has 88 valence electrons. The van der Waals surface area contributed by atoms with Gasteiger partial charge in [-0.05, 0) is 53.6 Å². The van der Waals surface area contributed by atoms with Crippen molar-refractivity contribution in [1.29, 1.82) is 0 Å². The highest BCUT2D eigenvalue weighted by molar-refractivity contribution is 5.78. The first-order valence-corrected chi connectivity index (χ1v) is 6.06. The lowest BCUT2D eigenvalue weighted by Crippen LogP contribution is -2.46. The second-order valence-corrected chi connectivity index (χ2v) is 4.97. The van der Waals surface area contributed by atoms with Gasteiger partial charge in [-0.1, -0.05) is 0 Å². The maximum absolute atomic E-state index is 12.1. The van der Waals surface area contributed by atoms with Crippen molar-refractivity contribution in [3.8, 4) is 0 Å². The third-order valence-electron chi connectivity index (χ3n) is 2.96. The van der Waals surface area contributed by atoms with Gasteiger partial charge in [0.1, 0.15) is 0 Å². The molecule has 0 radical (unpaired) electrons. The summed E-state index contributed by atoms with van der Waals surface area (Å²) in [5.74, 6) is 0.280. The predicted molar refractivity (Wildman–Crippen MR) is 62.8 cm³/mol. The molecule has 0 atom stereocenters. The van der Waals surface area contributed by atoms with Crippen molar-refractivity contribution in [3.05, 3.63) is 0 Å². The average molecular weight is 212 g/mol. The summed E-state index contributed by atoms with van der Waals surface area (Å²) in [5, 5.41) is 0. The van der Waals surface area contributed by atoms with E-state index in [-0.39, 0.29) is 5.91 Å². The summed E-state index contributed by atoms with van der Waals surface area (Å²) in [6.45, 7) is 11.1. The Morgan fingerprint density at radius 1 is 1.13 bits per heavy atom. The number of rotatable bonds is 4. The molecule has 0 N–H and O–H groups in total. The number of carbonyl (C=O) groups excluding carboxylic acids is 1. The Morgan fingerprint density at radius 2 is 1.60 bits per heavy atom. The fourth-order valence-electron chi connectivity index (χ4n) is 2.39. The van der Waals surface area contributed by atoms with E-state index < -0.39 is 0 Å². The molecule has 1 heterocycles. The van der Waals surface area contributed by atoms with Crippen molar-refractivity contribution >= 4 is 5.91 Å². The Hall–Kier alpha value is -0.570. The number of nitrogens with zero attached hydrogens (tertiary/aromatic N) is 2. The smallest absolute Gasteiger partial charge is 0.237 e. The molecule has 0 aliphatic carbocycles. The van der Waals surface area contributed by atoms with Gasteiger partial charge in [-0.3, -0.25) is 9.69 Å². The van der Waals surface area contributed by atoms with E-state index in [9.17, 15) is 4.79 Å². The van der Waals surface area contributed by atoms with Crippen molar-refractivity contribution in [2.24, 2.45) is 0 Å². The summed E-state index contributed by atoms with van der Waals surface area (Å²) in [7, 11) is 0. The molecule has 1 fully saturated rings. The van der Waals surface area contributed by atoms with E-state index in [1.807, 2.05) is 4.90 Å². The largest absolute Gasteiger partial charge is 0.337 e. The van der Waals surface area contributed by atoms with Crippen molar-refractivity contribution in [2.75, 3.05) is 19.6 Å². The molecule has 1 aliphatic rings. The van der Waals surface area contributed by atoms with Crippen LogP contribution in [0.25, 0.3) is 0 Å². The summed E-state index contributed by atoms with van der Waals surface area (Å²) in [4.78, 5) is 16.3. The standard InChI is InChI=1S/C12H24N2O/c1-10(2)14(11(3)4)12(15)9-13-7-5-6-8-13/h10-11H,5-9H2,1-4H3. The zero-order valence-electron chi connectivity index (χ0n) is 10.5. The fourth-order valence-corrected chi connectivity index (χ4v) is 2.39. The van der Waals surface area contributed by atoms with E-state index >= 15 is 0 Å². The Labute approximate surface area is 93.4 Å². The quantitative estimate of drug-likeness (QED) is 0.708. The van der Waals surface area contributed by atoms with Gasteiger partial charge in [-0.15, -0.1) is 0 Å². The summed E-state index contributed by atoms with van der Waals surface area (Å²) >= 11 is 0. The maximum Gasteiger partial charge on any atom is 0.237 e. The SMILES string of the molecule is CC(C)N(C(=O)CN1CCCC1)C(C)C. The zero-order chi connectivity index (χ0) is 11.4. The summed E-state index contributed by atoms with van der Waals surface area (Å²) in [5.41, 5.74) is 0. The first-order valence-electron chi connectivity index (χ1n) is 6.06. The Morgan fingerprint density at radius 3 is 2.00 bits per heavy atom. The van der Waals surface area contributed by atoms with Gasteiger partial charge in [0.25, 0.3) is 0 Å². The second-order valence-electron chi connectivity index (χ2n) is 4.97. The van der Waals surface area contributed by atoms with Crippen LogP contribution < -0.4 is 0 Å². The lowest BCUT2D eigenvalue weighted by Gasteiger charge is -2.32. The highest BCUT2D eigenvalue weighted by atomic mass is 16.2. The Balaban J connectivity index is 2.48. The molecule has 1 amide bonds. The first-order chi connectivity index (χ1) is 7.02. The van der Waals surface area contributed by atoms with Crippen LogP contribution in [0.2, 0.25) is 0 Å². The molecule has 0 unspecified atom stereocenters. The fraction of sp³-hybridized carbons (Fsp3) is 0.917. The summed E-state index contributed by atoms with van der Waals surface area (Å²) in [6.07, 6.45) is 2.49. The maximum atomic E-state index is 12.1. The molecule has 0 spiro atoms. The monoisotopic (exact) mass is 212 g/mol. The first kappa shape index (κ1) is 12.5. The molecule has 1 saturated heterocycles. The van der Waals surface area contributed by atoms with Gasteiger partial charge in [-0.2, -0.15) is 0 Å². The molecule has 0 aromatic rings. The van der Waals surface area contributed by atoms with E-state index in [1.54, 1.807) is 0 Å². The van der Waals surface area contributed by atoms with Crippen molar-refractivity contribution in [2.45, 2.75) is 52.6 Å². The molecule has 0 bridgehead atoms. The lowest BCUT2D eigenvalue weighted by molar-refractivity contribution is -0.135. The summed E-state index contributed by atoms with van der Waals surface area (Å²) < 4.78 is 0. The van der Waals surface area contributed by atoms with Crippen molar-refractivity contribution < 1.29 is 4.79 Å². The molecule has 3 nitrogen and oxygen atoms in total. The molecular formula is C12H24N2O. The number of hydrogen-bond donors (Lipinski definition) is 0. The number of carbonyl (C=O) groups is 1. The van der Waals surface area contributed by atoms with Gasteiger partial charge >= 0.3 is 0 Å². The minimum Gasteiger partial charge on any atom is -0.337 e. The van der Waals surface area contributed by atoms with Gasteiger partial charge in [0.15, 0.2) is 0 Å². The second kappa shape index (κ2) is 5.50. The van der Waals surface area contributed by atoms with E-state index in [1.165, 1.54) is 12.8 Å². The lowest BCUT2D eigenvalue weighted by atomic mass is 10.2. The van der Waals surface area contributed by atoms with Gasteiger partial charge in [0.05, 0.1) is 6.54 Å². The van der Waals surface area contributed by atoms with E-state index in [0.717, 1.165) is 13.1 Å². The van der Waals surface area contributed by atoms with Crippen LogP contribution in [0.3, 0.4) is 0 Å². The topological polar surface area (TPSA) is 23.6 Å². The highest BCUT2D eigenvalue weighted by Gasteiger charge is 2.23. The van der Waals surface area contributed by atoms with Crippen molar-refractivity contribution in [1.82, 2.24) is 9.80 Å². The van der Waals surface area contributed by atoms with E-state index in [2.05, 4.69) is 32.6 Å². The third-order valence-corrected chi connectivity index (χ3v) is 2.96. The molecule has 0 aromatic heterocycles. The van der Waals surface area contributed by atoms with Crippen LogP contribution in [0.1, 0.15) is 40.5 Å². The van der Waals surface area contributed by atoms with Gasteiger partial charge in [0.2, 0.25) is 5.91 Å². The Bertz CT molecular complexity index is 200. The van der Waals surface area contributed by atoms with Crippen LogP contribution >= 0.6 is 0 Å². The normalized spacial score (nSPS) is 17.7. The number of hydrogen-bond acceptors (Lipinski definition) is 2.